The smallest absolute Gasteiger partial charge is 0.393 e. The second-order valence-corrected chi connectivity index (χ2v) is 6.52. The molecule has 1 aliphatic heterocycles. The zero-order valence-electron chi connectivity index (χ0n) is 14.9. The number of anilines is 4. The Morgan fingerprint density at radius 3 is 2.56 bits per heavy atom. The molecule has 1 saturated heterocycles. The number of nitrogens with zero attached hydrogens (tertiary/aromatic N) is 3. The third kappa shape index (κ3) is 5.22. The Kier molecular flexibility index (Phi) is 6.00. The molecular formula is C18H23F3N6. The number of rotatable bonds is 6. The maximum atomic E-state index is 12.9. The van der Waals surface area contributed by atoms with Crippen LogP contribution in [-0.2, 0) is 6.18 Å². The fourth-order valence-corrected chi connectivity index (χ4v) is 3.06. The molecule has 0 aliphatic carbocycles. The highest BCUT2D eigenvalue weighted by atomic mass is 19.4. The van der Waals surface area contributed by atoms with Gasteiger partial charge in [-0.25, -0.2) is 9.97 Å². The van der Waals surface area contributed by atoms with Gasteiger partial charge in [0.2, 0.25) is 0 Å². The zero-order chi connectivity index (χ0) is 19.3. The third-order valence-electron chi connectivity index (χ3n) is 4.51. The lowest BCUT2D eigenvalue weighted by atomic mass is 10.1. The van der Waals surface area contributed by atoms with Crippen molar-refractivity contribution < 1.29 is 13.2 Å². The summed E-state index contributed by atoms with van der Waals surface area (Å²) >= 11 is 0. The van der Waals surface area contributed by atoms with Crippen LogP contribution in [0.1, 0.15) is 24.8 Å². The van der Waals surface area contributed by atoms with Gasteiger partial charge in [0.15, 0.2) is 11.6 Å². The van der Waals surface area contributed by atoms with Crippen molar-refractivity contribution in [2.24, 2.45) is 0 Å². The molecule has 0 amide bonds. The van der Waals surface area contributed by atoms with Crippen LogP contribution in [-0.4, -0.2) is 41.0 Å². The number of likely N-dealkylation sites (tertiary alicyclic amines) is 1. The molecule has 1 aromatic carbocycles. The molecule has 4 N–H and O–H groups in total. The lowest BCUT2D eigenvalue weighted by molar-refractivity contribution is -0.137. The van der Waals surface area contributed by atoms with Crippen LogP contribution in [0.5, 0.6) is 0 Å². The monoisotopic (exact) mass is 380 g/mol. The van der Waals surface area contributed by atoms with Crippen molar-refractivity contribution >= 4 is 23.0 Å². The average molecular weight is 380 g/mol. The van der Waals surface area contributed by atoms with Crippen molar-refractivity contribution in [2.75, 3.05) is 42.5 Å². The molecule has 0 saturated carbocycles. The maximum Gasteiger partial charge on any atom is 0.416 e. The van der Waals surface area contributed by atoms with E-state index in [-0.39, 0.29) is 17.2 Å². The van der Waals surface area contributed by atoms with Gasteiger partial charge >= 0.3 is 6.18 Å². The molecule has 0 bridgehead atoms. The Labute approximate surface area is 156 Å². The van der Waals surface area contributed by atoms with E-state index in [2.05, 4.69) is 25.5 Å². The topological polar surface area (TPSA) is 79.1 Å². The molecule has 9 heteroatoms. The molecule has 0 unspecified atom stereocenters. The van der Waals surface area contributed by atoms with Crippen molar-refractivity contribution in [1.29, 1.82) is 0 Å². The number of nitrogens with one attached hydrogen (secondary N) is 2. The Morgan fingerprint density at radius 1 is 1.07 bits per heavy atom. The molecular weight excluding hydrogens is 357 g/mol. The van der Waals surface area contributed by atoms with E-state index >= 15 is 0 Å². The van der Waals surface area contributed by atoms with Crippen LogP contribution in [0.2, 0.25) is 0 Å². The normalized spacial score (nSPS) is 15.5. The molecule has 0 radical (unpaired) electrons. The van der Waals surface area contributed by atoms with Crippen molar-refractivity contribution in [3.8, 4) is 0 Å². The van der Waals surface area contributed by atoms with Gasteiger partial charge in [0.25, 0.3) is 0 Å². The van der Waals surface area contributed by atoms with Crippen LogP contribution in [0.25, 0.3) is 0 Å². The van der Waals surface area contributed by atoms with Gasteiger partial charge in [-0.15, -0.1) is 0 Å². The third-order valence-corrected chi connectivity index (χ3v) is 4.51. The number of piperidine rings is 1. The summed E-state index contributed by atoms with van der Waals surface area (Å²) < 4.78 is 38.6. The van der Waals surface area contributed by atoms with Crippen molar-refractivity contribution in [3.63, 3.8) is 0 Å². The number of hydrogen-bond donors (Lipinski definition) is 3. The Morgan fingerprint density at radius 2 is 1.81 bits per heavy atom. The second-order valence-electron chi connectivity index (χ2n) is 6.52. The Bertz CT molecular complexity index is 759. The molecule has 1 aromatic heterocycles. The first kappa shape index (κ1) is 19.2. The number of nitrogens with two attached hydrogens (primary N) is 1. The van der Waals surface area contributed by atoms with Gasteiger partial charge in [-0.05, 0) is 44.1 Å². The van der Waals surface area contributed by atoms with E-state index in [4.69, 9.17) is 5.73 Å². The van der Waals surface area contributed by atoms with Crippen molar-refractivity contribution in [1.82, 2.24) is 14.9 Å². The van der Waals surface area contributed by atoms with Crippen molar-refractivity contribution in [2.45, 2.75) is 25.4 Å². The van der Waals surface area contributed by atoms with Gasteiger partial charge in [-0.2, -0.15) is 13.2 Å². The minimum Gasteiger partial charge on any atom is -0.393 e. The van der Waals surface area contributed by atoms with E-state index in [0.717, 1.165) is 31.8 Å². The highest BCUT2D eigenvalue weighted by Gasteiger charge is 2.30. The number of nitrogen functional groups attached to an aromatic ring is 1. The minimum atomic E-state index is -4.41. The highest BCUT2D eigenvalue weighted by Crippen LogP contribution is 2.32. The first-order chi connectivity index (χ1) is 12.9. The molecule has 0 spiro atoms. The van der Waals surface area contributed by atoms with Crippen LogP contribution in [0.4, 0.5) is 36.2 Å². The van der Waals surface area contributed by atoms with Crippen LogP contribution in [0, 0.1) is 0 Å². The van der Waals surface area contributed by atoms with E-state index in [9.17, 15) is 13.2 Å². The van der Waals surface area contributed by atoms with E-state index in [0.29, 0.717) is 12.4 Å². The maximum absolute atomic E-state index is 12.9. The molecule has 27 heavy (non-hydrogen) atoms. The largest absolute Gasteiger partial charge is 0.416 e. The number of hydrogen-bond acceptors (Lipinski definition) is 6. The Hall–Kier alpha value is -2.55. The summed E-state index contributed by atoms with van der Waals surface area (Å²) in [7, 11) is 0. The number of aromatic nitrogens is 2. The lowest BCUT2D eigenvalue weighted by Gasteiger charge is -2.26. The predicted octanol–water partition coefficient (Wildman–Crippen LogP) is 3.72. The van der Waals surface area contributed by atoms with E-state index in [1.54, 1.807) is 0 Å². The van der Waals surface area contributed by atoms with Crippen LogP contribution in [0.3, 0.4) is 0 Å². The van der Waals surface area contributed by atoms with Gasteiger partial charge < -0.3 is 21.3 Å². The van der Waals surface area contributed by atoms with Crippen LogP contribution >= 0.6 is 0 Å². The minimum absolute atomic E-state index is 0.259. The second kappa shape index (κ2) is 8.43. The van der Waals surface area contributed by atoms with Gasteiger partial charge in [-0.3, -0.25) is 0 Å². The molecule has 0 atom stereocenters. The molecule has 1 aliphatic rings. The van der Waals surface area contributed by atoms with E-state index in [1.165, 1.54) is 37.7 Å². The van der Waals surface area contributed by atoms with Gasteiger partial charge in [-0.1, -0.05) is 12.5 Å². The number of benzene rings is 1. The summed E-state index contributed by atoms with van der Waals surface area (Å²) in [6, 6.07) is 4.90. The van der Waals surface area contributed by atoms with E-state index in [1.807, 2.05) is 0 Å². The predicted molar refractivity (Wildman–Crippen MR) is 100.0 cm³/mol. The highest BCUT2D eigenvalue weighted by molar-refractivity contribution is 5.77. The summed E-state index contributed by atoms with van der Waals surface area (Å²) in [5.41, 5.74) is 5.88. The average Bonchev–Trinajstić information content (AvgIpc) is 2.65. The van der Waals surface area contributed by atoms with Crippen LogP contribution in [0.15, 0.2) is 30.6 Å². The summed E-state index contributed by atoms with van der Waals surface area (Å²) in [6.45, 7) is 3.77. The Balaban J connectivity index is 1.64. The summed E-state index contributed by atoms with van der Waals surface area (Å²) in [4.78, 5) is 10.6. The molecule has 3 rings (SSSR count). The van der Waals surface area contributed by atoms with Gasteiger partial charge in [0, 0.05) is 18.8 Å². The summed E-state index contributed by atoms with van der Waals surface area (Å²) in [5, 5.41) is 6.02. The number of alkyl halides is 3. The molecule has 1 fully saturated rings. The molecule has 6 nitrogen and oxygen atoms in total. The van der Waals surface area contributed by atoms with Gasteiger partial charge in [0.05, 0.1) is 5.56 Å². The first-order valence-electron chi connectivity index (χ1n) is 8.94. The standard InChI is InChI=1S/C18H23F3N6/c19-18(20,21)13-5-4-6-14(11-13)26-17-15(22)16(24-12-25-17)23-7-10-27-8-2-1-3-9-27/h4-6,11-12H,1-3,7-10,22H2,(H2,23,24,25,26). The fraction of sp³-hybridized carbons (Fsp3) is 0.444. The van der Waals surface area contributed by atoms with E-state index < -0.39 is 11.7 Å². The quantitative estimate of drug-likeness (QED) is 0.709. The molecule has 2 aromatic rings. The van der Waals surface area contributed by atoms with Crippen LogP contribution < -0.4 is 16.4 Å². The SMILES string of the molecule is Nc1c(NCCN2CCCCC2)ncnc1Nc1cccc(C(F)(F)F)c1. The molecule has 2 heterocycles. The summed E-state index contributed by atoms with van der Waals surface area (Å²) in [5.74, 6) is 0.737. The van der Waals surface area contributed by atoms with Gasteiger partial charge in [0.1, 0.15) is 12.0 Å². The first-order valence-corrected chi connectivity index (χ1v) is 8.94. The molecule has 146 valence electrons. The zero-order valence-corrected chi connectivity index (χ0v) is 14.9. The summed E-state index contributed by atoms with van der Waals surface area (Å²) in [6.07, 6.45) is 0.653. The number of halogens is 3. The lowest BCUT2D eigenvalue weighted by Crippen LogP contribution is -2.33. The van der Waals surface area contributed by atoms with Crippen molar-refractivity contribution in [3.05, 3.63) is 36.2 Å². The fourth-order valence-electron chi connectivity index (χ4n) is 3.06.